The van der Waals surface area contributed by atoms with Gasteiger partial charge in [-0.3, -0.25) is 0 Å². The summed E-state index contributed by atoms with van der Waals surface area (Å²) in [6.45, 7) is 2.31. The van der Waals surface area contributed by atoms with Crippen molar-refractivity contribution in [1.82, 2.24) is 5.32 Å². The average molecular weight is 247 g/mol. The Morgan fingerprint density at radius 2 is 2.13 bits per heavy atom. The van der Waals surface area contributed by atoms with E-state index in [9.17, 15) is 4.79 Å². The van der Waals surface area contributed by atoms with Crippen molar-refractivity contribution in [2.24, 2.45) is 5.73 Å². The molecule has 0 radical (unpaired) electrons. The van der Waals surface area contributed by atoms with Crippen LogP contribution in [0.4, 0.5) is 4.79 Å². The first-order valence-electron chi connectivity index (χ1n) is 4.33. The van der Waals surface area contributed by atoms with E-state index in [0.29, 0.717) is 11.6 Å². The molecule has 2 amide bonds. The fraction of sp³-hybridized carbons (Fsp3) is 0.300. The van der Waals surface area contributed by atoms with Gasteiger partial charge in [-0.25, -0.2) is 4.79 Å². The van der Waals surface area contributed by atoms with E-state index < -0.39 is 6.03 Å². The van der Waals surface area contributed by atoms with Crippen molar-refractivity contribution in [3.05, 3.63) is 34.3 Å². The zero-order chi connectivity index (χ0) is 11.8. The molecule has 1 aromatic rings. The normalized spacial score (nSPS) is 8.80. The Hall–Kier alpha value is -0.870. The van der Waals surface area contributed by atoms with Gasteiger partial charge in [-0.1, -0.05) is 23.7 Å². The van der Waals surface area contributed by atoms with E-state index in [1.165, 1.54) is 0 Å². The monoisotopic (exact) mass is 246 g/mol. The second-order valence-electron chi connectivity index (χ2n) is 2.75. The zero-order valence-corrected chi connectivity index (χ0v) is 10.4. The van der Waals surface area contributed by atoms with E-state index >= 15 is 0 Å². The van der Waals surface area contributed by atoms with Gasteiger partial charge in [-0.15, -0.1) is 0 Å². The molecule has 0 unspecified atom stereocenters. The maximum Gasteiger partial charge on any atom is 0.312 e. The number of thiol groups is 1. The van der Waals surface area contributed by atoms with Crippen LogP contribution in [0.15, 0.2) is 18.2 Å². The lowest BCUT2D eigenvalue weighted by atomic mass is 10.1. The van der Waals surface area contributed by atoms with Crippen molar-refractivity contribution in [3.63, 3.8) is 0 Å². The number of hydrogen-bond donors (Lipinski definition) is 3. The number of nitrogens with two attached hydrogens (primary N) is 1. The molecule has 15 heavy (non-hydrogen) atoms. The Kier molecular flexibility index (Phi) is 6.99. The molecule has 0 bridgehead atoms. The van der Waals surface area contributed by atoms with Gasteiger partial charge < -0.3 is 11.1 Å². The second kappa shape index (κ2) is 7.43. The van der Waals surface area contributed by atoms with Crippen LogP contribution < -0.4 is 11.1 Å². The minimum Gasteiger partial charge on any atom is -0.352 e. The number of nitrogens with one attached hydrogen (secondary N) is 1. The number of primary amides is 1. The molecule has 0 heterocycles. The SMILES string of the molecule is CS.Cc1cccc(Cl)c1CNC(N)=O. The molecule has 1 aromatic carbocycles. The maximum absolute atomic E-state index is 10.5. The van der Waals surface area contributed by atoms with Crippen molar-refractivity contribution in [1.29, 1.82) is 0 Å². The van der Waals surface area contributed by atoms with Gasteiger partial charge in [0.05, 0.1) is 0 Å². The first-order valence-corrected chi connectivity index (χ1v) is 5.60. The van der Waals surface area contributed by atoms with Crippen LogP contribution in [0, 0.1) is 6.92 Å². The summed E-state index contributed by atoms with van der Waals surface area (Å²) < 4.78 is 0. The lowest BCUT2D eigenvalue weighted by molar-refractivity contribution is 0.248. The number of benzene rings is 1. The molecule has 0 atom stereocenters. The van der Waals surface area contributed by atoms with E-state index in [2.05, 4.69) is 17.9 Å². The minimum absolute atomic E-state index is 0.376. The number of hydrogen-bond acceptors (Lipinski definition) is 2. The number of carbonyl (C=O) groups excluding carboxylic acids is 1. The standard InChI is InChI=1S/C9H11ClN2O.CH4S/c1-6-3-2-4-8(10)7(6)5-12-9(11)13;1-2/h2-4H,5H2,1H3,(H3,11,12,13);2H,1H3. The molecule has 0 aromatic heterocycles. The second-order valence-corrected chi connectivity index (χ2v) is 3.16. The molecular formula is C10H15ClN2OS. The Bertz CT molecular complexity index is 311. The third kappa shape index (κ3) is 4.95. The summed E-state index contributed by atoms with van der Waals surface area (Å²) in [5.74, 6) is 0. The highest BCUT2D eigenvalue weighted by molar-refractivity contribution is 7.79. The topological polar surface area (TPSA) is 55.1 Å². The van der Waals surface area contributed by atoms with Gasteiger partial charge in [-0.05, 0) is 30.4 Å². The summed E-state index contributed by atoms with van der Waals surface area (Å²) in [6.07, 6.45) is 1.69. The molecule has 0 spiro atoms. The number of rotatable bonds is 2. The lowest BCUT2D eigenvalue weighted by Crippen LogP contribution is -2.29. The van der Waals surface area contributed by atoms with E-state index in [1.807, 2.05) is 19.1 Å². The minimum atomic E-state index is -0.542. The predicted molar refractivity (Wildman–Crippen MR) is 67.5 cm³/mol. The largest absolute Gasteiger partial charge is 0.352 e. The van der Waals surface area contributed by atoms with Crippen LogP contribution in [-0.4, -0.2) is 12.3 Å². The first kappa shape index (κ1) is 14.1. The summed E-state index contributed by atoms with van der Waals surface area (Å²) in [5.41, 5.74) is 6.90. The number of carbonyl (C=O) groups is 1. The Morgan fingerprint density at radius 1 is 1.53 bits per heavy atom. The fourth-order valence-corrected chi connectivity index (χ4v) is 1.35. The predicted octanol–water partition coefficient (Wildman–Crippen LogP) is 2.36. The van der Waals surface area contributed by atoms with Crippen LogP contribution in [0.3, 0.4) is 0 Å². The maximum atomic E-state index is 10.5. The van der Waals surface area contributed by atoms with Gasteiger partial charge in [0.1, 0.15) is 0 Å². The number of halogens is 1. The van der Waals surface area contributed by atoms with Crippen molar-refractivity contribution < 1.29 is 4.79 Å². The summed E-state index contributed by atoms with van der Waals surface area (Å²) in [7, 11) is 0. The molecule has 0 aliphatic carbocycles. The Morgan fingerprint density at radius 3 is 2.60 bits per heavy atom. The van der Waals surface area contributed by atoms with Gasteiger partial charge in [0.25, 0.3) is 0 Å². The average Bonchev–Trinajstić information content (AvgIpc) is 2.20. The zero-order valence-electron chi connectivity index (χ0n) is 8.75. The Balaban J connectivity index is 0.000000921. The number of aryl methyl sites for hydroxylation is 1. The smallest absolute Gasteiger partial charge is 0.312 e. The summed E-state index contributed by atoms with van der Waals surface area (Å²) in [4.78, 5) is 10.5. The summed E-state index contributed by atoms with van der Waals surface area (Å²) in [5, 5.41) is 3.14. The molecule has 0 saturated heterocycles. The van der Waals surface area contributed by atoms with Crippen LogP contribution in [-0.2, 0) is 6.54 Å². The molecule has 0 aliphatic rings. The lowest BCUT2D eigenvalue weighted by Gasteiger charge is -2.07. The highest BCUT2D eigenvalue weighted by atomic mass is 35.5. The van der Waals surface area contributed by atoms with Gasteiger partial charge in [0, 0.05) is 11.6 Å². The van der Waals surface area contributed by atoms with Crippen LogP contribution in [0.1, 0.15) is 11.1 Å². The molecular weight excluding hydrogens is 232 g/mol. The van der Waals surface area contributed by atoms with Gasteiger partial charge in [-0.2, -0.15) is 12.6 Å². The quantitative estimate of drug-likeness (QED) is 0.690. The third-order valence-electron chi connectivity index (χ3n) is 1.79. The van der Waals surface area contributed by atoms with Crippen molar-refractivity contribution in [2.45, 2.75) is 13.5 Å². The van der Waals surface area contributed by atoms with Crippen molar-refractivity contribution in [2.75, 3.05) is 6.26 Å². The number of amides is 2. The first-order chi connectivity index (χ1) is 7.11. The van der Waals surface area contributed by atoms with E-state index in [-0.39, 0.29) is 0 Å². The fourth-order valence-electron chi connectivity index (χ4n) is 1.07. The molecule has 0 aliphatic heterocycles. The van der Waals surface area contributed by atoms with Crippen LogP contribution >= 0.6 is 24.2 Å². The Labute approximate surface area is 100 Å². The van der Waals surface area contributed by atoms with Crippen LogP contribution in [0.5, 0.6) is 0 Å². The highest BCUT2D eigenvalue weighted by Gasteiger charge is 2.03. The molecule has 1 rings (SSSR count). The molecule has 0 fully saturated rings. The molecule has 3 nitrogen and oxygen atoms in total. The highest BCUT2D eigenvalue weighted by Crippen LogP contribution is 2.18. The van der Waals surface area contributed by atoms with E-state index in [1.54, 1.807) is 12.3 Å². The van der Waals surface area contributed by atoms with Crippen molar-refractivity contribution >= 4 is 30.3 Å². The van der Waals surface area contributed by atoms with Crippen LogP contribution in [0.2, 0.25) is 5.02 Å². The van der Waals surface area contributed by atoms with E-state index in [0.717, 1.165) is 11.1 Å². The molecule has 5 heteroatoms. The molecule has 84 valence electrons. The summed E-state index contributed by atoms with van der Waals surface area (Å²) in [6, 6.07) is 5.04. The molecule has 0 saturated carbocycles. The van der Waals surface area contributed by atoms with Crippen molar-refractivity contribution in [3.8, 4) is 0 Å². The van der Waals surface area contributed by atoms with Gasteiger partial charge in [0.2, 0.25) is 0 Å². The number of urea groups is 1. The third-order valence-corrected chi connectivity index (χ3v) is 2.15. The molecule has 3 N–H and O–H groups in total. The summed E-state index contributed by atoms with van der Waals surface area (Å²) >= 11 is 9.45. The van der Waals surface area contributed by atoms with E-state index in [4.69, 9.17) is 17.3 Å². The van der Waals surface area contributed by atoms with Crippen LogP contribution in [0.25, 0.3) is 0 Å². The van der Waals surface area contributed by atoms with Gasteiger partial charge in [0.15, 0.2) is 0 Å². The van der Waals surface area contributed by atoms with Gasteiger partial charge >= 0.3 is 6.03 Å².